The number of pyridine rings is 1. The van der Waals surface area contributed by atoms with Gasteiger partial charge in [0.05, 0.1) is 24.3 Å². The molecular formula is C26H25N5O. The predicted molar refractivity (Wildman–Crippen MR) is 126 cm³/mol. The second-order valence-corrected chi connectivity index (χ2v) is 8.09. The third kappa shape index (κ3) is 4.12. The Morgan fingerprint density at radius 2 is 1.84 bits per heavy atom. The lowest BCUT2D eigenvalue weighted by Gasteiger charge is -2.18. The number of para-hydroxylation sites is 1. The fourth-order valence-corrected chi connectivity index (χ4v) is 4.08. The van der Waals surface area contributed by atoms with E-state index in [1.165, 1.54) is 11.1 Å². The second-order valence-electron chi connectivity index (χ2n) is 8.09. The summed E-state index contributed by atoms with van der Waals surface area (Å²) >= 11 is 0. The minimum Gasteiger partial charge on any atom is -0.363 e. The van der Waals surface area contributed by atoms with Crippen molar-refractivity contribution in [2.45, 2.75) is 25.9 Å². The normalized spacial score (nSPS) is 13.6. The molecule has 3 heterocycles. The molecule has 0 radical (unpaired) electrons. The highest BCUT2D eigenvalue weighted by Crippen LogP contribution is 2.29. The summed E-state index contributed by atoms with van der Waals surface area (Å²) in [6.07, 6.45) is 6.47. The van der Waals surface area contributed by atoms with Gasteiger partial charge < -0.3 is 10.2 Å². The van der Waals surface area contributed by atoms with Crippen LogP contribution < -0.4 is 10.2 Å². The molecule has 0 aliphatic carbocycles. The Kier molecular flexibility index (Phi) is 5.42. The first-order valence-corrected chi connectivity index (χ1v) is 10.9. The van der Waals surface area contributed by atoms with Crippen molar-refractivity contribution < 1.29 is 4.79 Å². The maximum Gasteiger partial charge on any atom is 0.259 e. The van der Waals surface area contributed by atoms with Gasteiger partial charge >= 0.3 is 0 Å². The van der Waals surface area contributed by atoms with Gasteiger partial charge in [-0.3, -0.25) is 9.48 Å². The zero-order valence-electron chi connectivity index (χ0n) is 18.0. The summed E-state index contributed by atoms with van der Waals surface area (Å²) in [5, 5.41) is 7.88. The number of hydrogen-bond donors (Lipinski definition) is 1. The van der Waals surface area contributed by atoms with Gasteiger partial charge in [-0.05, 0) is 42.7 Å². The Labute approximate surface area is 187 Å². The number of hydrogen-bond acceptors (Lipinski definition) is 4. The molecule has 6 heteroatoms. The fourth-order valence-electron chi connectivity index (χ4n) is 4.08. The molecule has 32 heavy (non-hydrogen) atoms. The number of anilines is 2. The summed E-state index contributed by atoms with van der Waals surface area (Å²) in [6, 6.07) is 22.1. The summed E-state index contributed by atoms with van der Waals surface area (Å²) < 4.78 is 1.94. The topological polar surface area (TPSA) is 63.1 Å². The molecule has 160 valence electrons. The fraction of sp³-hybridized carbons (Fsp3) is 0.192. The first-order valence-electron chi connectivity index (χ1n) is 10.9. The number of benzene rings is 2. The molecule has 0 fully saturated rings. The van der Waals surface area contributed by atoms with Crippen molar-refractivity contribution >= 4 is 17.4 Å². The minimum absolute atomic E-state index is 0.00997. The maximum atomic E-state index is 13.0. The van der Waals surface area contributed by atoms with E-state index in [0.29, 0.717) is 12.1 Å². The van der Waals surface area contributed by atoms with Crippen molar-refractivity contribution in [2.75, 3.05) is 16.8 Å². The van der Waals surface area contributed by atoms with Crippen LogP contribution in [0.25, 0.3) is 0 Å². The largest absolute Gasteiger partial charge is 0.363 e. The Morgan fingerprint density at radius 1 is 1.03 bits per heavy atom. The SMILES string of the molecule is CC(Nc1ccc(C(=O)N2CCc3ccccc32)cn1)c1cnn(Cc2ccccc2)c1. The van der Waals surface area contributed by atoms with E-state index in [9.17, 15) is 4.79 Å². The number of carbonyl (C=O) groups excluding carboxylic acids is 1. The van der Waals surface area contributed by atoms with Gasteiger partial charge in [-0.1, -0.05) is 48.5 Å². The first-order chi connectivity index (χ1) is 15.7. The van der Waals surface area contributed by atoms with Crippen LogP contribution in [0.5, 0.6) is 0 Å². The molecular weight excluding hydrogens is 398 g/mol. The summed E-state index contributed by atoms with van der Waals surface area (Å²) in [6.45, 7) is 3.52. The lowest BCUT2D eigenvalue weighted by Crippen LogP contribution is -2.28. The van der Waals surface area contributed by atoms with E-state index in [-0.39, 0.29) is 11.9 Å². The molecule has 6 nitrogen and oxygen atoms in total. The van der Waals surface area contributed by atoms with Crippen LogP contribution in [0, 0.1) is 0 Å². The van der Waals surface area contributed by atoms with Crippen LogP contribution in [0.1, 0.15) is 40.0 Å². The van der Waals surface area contributed by atoms with Crippen molar-refractivity contribution in [2.24, 2.45) is 0 Å². The lowest BCUT2D eigenvalue weighted by atomic mass is 10.1. The standard InChI is InChI=1S/C26H25N5O/c1-19(23-16-28-30(18-23)17-20-7-3-2-4-8-20)29-25-12-11-22(15-27-25)26(32)31-14-13-21-9-5-6-10-24(21)31/h2-12,15-16,18-19H,13-14,17H2,1H3,(H,27,29). The molecule has 2 aromatic carbocycles. The van der Waals surface area contributed by atoms with Crippen LogP contribution >= 0.6 is 0 Å². The van der Waals surface area contributed by atoms with Crippen molar-refractivity contribution in [3.63, 3.8) is 0 Å². The summed E-state index contributed by atoms with van der Waals surface area (Å²) in [5.74, 6) is 0.718. The summed E-state index contributed by atoms with van der Waals surface area (Å²) in [4.78, 5) is 19.3. The molecule has 4 aromatic rings. The average Bonchev–Trinajstić information content (AvgIpc) is 3.47. The summed E-state index contributed by atoms with van der Waals surface area (Å²) in [5.41, 5.74) is 5.10. The van der Waals surface area contributed by atoms with Crippen LogP contribution in [-0.2, 0) is 13.0 Å². The molecule has 1 aliphatic rings. The molecule has 0 bridgehead atoms. The zero-order valence-corrected chi connectivity index (χ0v) is 18.0. The third-order valence-corrected chi connectivity index (χ3v) is 5.85. The van der Waals surface area contributed by atoms with E-state index in [2.05, 4.69) is 40.5 Å². The number of fused-ring (bicyclic) bond motifs is 1. The Hall–Kier alpha value is -3.93. The van der Waals surface area contributed by atoms with E-state index < -0.39 is 0 Å². The van der Waals surface area contributed by atoms with E-state index >= 15 is 0 Å². The number of nitrogens with zero attached hydrogens (tertiary/aromatic N) is 4. The average molecular weight is 424 g/mol. The van der Waals surface area contributed by atoms with Crippen LogP contribution in [-0.4, -0.2) is 27.2 Å². The monoisotopic (exact) mass is 423 g/mol. The van der Waals surface area contributed by atoms with Crippen LogP contribution in [0.15, 0.2) is 85.3 Å². The first kappa shape index (κ1) is 20.0. The van der Waals surface area contributed by atoms with Crippen molar-refractivity contribution in [1.82, 2.24) is 14.8 Å². The molecule has 0 saturated heterocycles. The second kappa shape index (κ2) is 8.67. The zero-order chi connectivity index (χ0) is 21.9. The highest BCUT2D eigenvalue weighted by atomic mass is 16.2. The quantitative estimate of drug-likeness (QED) is 0.488. The number of aromatic nitrogens is 3. The smallest absolute Gasteiger partial charge is 0.259 e. The Bertz CT molecular complexity index is 1220. The Morgan fingerprint density at radius 3 is 2.66 bits per heavy atom. The highest BCUT2D eigenvalue weighted by molar-refractivity contribution is 6.07. The number of nitrogens with one attached hydrogen (secondary N) is 1. The Balaban J connectivity index is 1.23. The van der Waals surface area contributed by atoms with Gasteiger partial charge in [-0.25, -0.2) is 4.98 Å². The molecule has 1 amide bonds. The van der Waals surface area contributed by atoms with Crippen LogP contribution in [0.4, 0.5) is 11.5 Å². The predicted octanol–water partition coefficient (Wildman–Crippen LogP) is 4.70. The van der Waals surface area contributed by atoms with Gasteiger partial charge in [0.1, 0.15) is 5.82 Å². The lowest BCUT2D eigenvalue weighted by molar-refractivity contribution is 0.0989. The maximum absolute atomic E-state index is 13.0. The molecule has 1 aliphatic heterocycles. The van der Waals surface area contributed by atoms with Crippen molar-refractivity contribution in [1.29, 1.82) is 0 Å². The molecule has 0 saturated carbocycles. The highest BCUT2D eigenvalue weighted by Gasteiger charge is 2.25. The van der Waals surface area contributed by atoms with Crippen LogP contribution in [0.2, 0.25) is 0 Å². The van der Waals surface area contributed by atoms with Gasteiger partial charge in [0.15, 0.2) is 0 Å². The van der Waals surface area contributed by atoms with E-state index in [4.69, 9.17) is 0 Å². The molecule has 0 spiro atoms. The molecule has 1 unspecified atom stereocenters. The number of carbonyl (C=O) groups is 1. The van der Waals surface area contributed by atoms with Gasteiger partial charge in [-0.15, -0.1) is 0 Å². The number of amides is 1. The van der Waals surface area contributed by atoms with Gasteiger partial charge in [0.2, 0.25) is 0 Å². The van der Waals surface area contributed by atoms with E-state index in [0.717, 1.165) is 30.0 Å². The van der Waals surface area contributed by atoms with Gasteiger partial charge in [-0.2, -0.15) is 5.10 Å². The van der Waals surface area contributed by atoms with Crippen molar-refractivity contribution in [3.8, 4) is 0 Å². The third-order valence-electron chi connectivity index (χ3n) is 5.85. The number of rotatable bonds is 6. The van der Waals surface area contributed by atoms with Crippen molar-refractivity contribution in [3.05, 3.63) is 108 Å². The van der Waals surface area contributed by atoms with Gasteiger partial charge in [0.25, 0.3) is 5.91 Å². The molecule has 1 N–H and O–H groups in total. The van der Waals surface area contributed by atoms with E-state index in [1.54, 1.807) is 6.20 Å². The van der Waals surface area contributed by atoms with Gasteiger partial charge in [0, 0.05) is 30.2 Å². The summed E-state index contributed by atoms with van der Waals surface area (Å²) in [7, 11) is 0. The molecule has 5 rings (SSSR count). The molecule has 1 atom stereocenters. The molecule has 2 aromatic heterocycles. The van der Waals surface area contributed by atoms with Crippen LogP contribution in [0.3, 0.4) is 0 Å². The van der Waals surface area contributed by atoms with E-state index in [1.807, 2.05) is 70.5 Å². The minimum atomic E-state index is -0.00997.